The Morgan fingerprint density at radius 2 is 2.10 bits per heavy atom. The van der Waals surface area contributed by atoms with Gasteiger partial charge < -0.3 is 15.2 Å². The number of hydrogen-bond donors (Lipinski definition) is 2. The van der Waals surface area contributed by atoms with E-state index >= 15 is 0 Å². The van der Waals surface area contributed by atoms with Crippen LogP contribution >= 0.6 is 0 Å². The van der Waals surface area contributed by atoms with Gasteiger partial charge in [0.05, 0.1) is 12.8 Å². The van der Waals surface area contributed by atoms with Crippen LogP contribution in [-0.4, -0.2) is 33.9 Å². The minimum atomic E-state index is -1.02. The molecule has 1 aromatic heterocycles. The lowest BCUT2D eigenvalue weighted by atomic mass is 10.3. The van der Waals surface area contributed by atoms with Gasteiger partial charge in [-0.05, 0) is 18.2 Å². The zero-order valence-corrected chi connectivity index (χ0v) is 10.7. The molecule has 7 heteroatoms. The van der Waals surface area contributed by atoms with Crippen molar-refractivity contribution in [1.82, 2.24) is 9.78 Å². The number of aliphatic carboxylic acids is 1. The Hall–Kier alpha value is -2.83. The standard InChI is InChI=1S/C13H13N3O4/c1-20-11-5-3-2-4-9(11)14-13(19)10-6-7-16(15-10)8-12(17)18/h2-7H,8H2,1H3,(H,14,19)(H,17,18). The second-order valence-electron chi connectivity index (χ2n) is 3.95. The number of amides is 1. The summed E-state index contributed by atoms with van der Waals surface area (Å²) >= 11 is 0. The molecule has 0 aliphatic carbocycles. The molecular weight excluding hydrogens is 262 g/mol. The van der Waals surface area contributed by atoms with Crippen molar-refractivity contribution in [3.8, 4) is 5.75 Å². The number of ether oxygens (including phenoxy) is 1. The van der Waals surface area contributed by atoms with Crippen LogP contribution in [0.4, 0.5) is 5.69 Å². The van der Waals surface area contributed by atoms with Crippen LogP contribution in [0.2, 0.25) is 0 Å². The lowest BCUT2D eigenvalue weighted by molar-refractivity contribution is -0.137. The summed E-state index contributed by atoms with van der Waals surface area (Å²) in [4.78, 5) is 22.5. The number of methoxy groups -OCH3 is 1. The van der Waals surface area contributed by atoms with E-state index in [0.29, 0.717) is 11.4 Å². The number of benzene rings is 1. The first-order valence-electron chi connectivity index (χ1n) is 5.80. The third-order valence-corrected chi connectivity index (χ3v) is 2.53. The molecule has 7 nitrogen and oxygen atoms in total. The highest BCUT2D eigenvalue weighted by Gasteiger charge is 2.12. The number of hydrogen-bond acceptors (Lipinski definition) is 4. The highest BCUT2D eigenvalue weighted by molar-refractivity contribution is 6.03. The van der Waals surface area contributed by atoms with Crippen molar-refractivity contribution < 1.29 is 19.4 Å². The summed E-state index contributed by atoms with van der Waals surface area (Å²) in [6.45, 7) is -0.290. The molecule has 0 aliphatic rings. The third kappa shape index (κ3) is 3.14. The number of nitrogens with zero attached hydrogens (tertiary/aromatic N) is 2. The monoisotopic (exact) mass is 275 g/mol. The van der Waals surface area contributed by atoms with Crippen molar-refractivity contribution >= 4 is 17.6 Å². The SMILES string of the molecule is COc1ccccc1NC(=O)c1ccn(CC(=O)O)n1. The van der Waals surface area contributed by atoms with Gasteiger partial charge >= 0.3 is 5.97 Å². The number of aromatic nitrogens is 2. The van der Waals surface area contributed by atoms with Crippen LogP contribution in [-0.2, 0) is 11.3 Å². The van der Waals surface area contributed by atoms with Crippen molar-refractivity contribution in [2.45, 2.75) is 6.54 Å². The Kier molecular flexibility index (Phi) is 3.99. The summed E-state index contributed by atoms with van der Waals surface area (Å²) in [5.41, 5.74) is 0.657. The predicted octanol–water partition coefficient (Wildman–Crippen LogP) is 1.23. The predicted molar refractivity (Wildman–Crippen MR) is 70.8 cm³/mol. The highest BCUT2D eigenvalue weighted by Crippen LogP contribution is 2.23. The summed E-state index contributed by atoms with van der Waals surface area (Å²) in [5, 5.41) is 15.2. The number of carbonyl (C=O) groups is 2. The Labute approximate surface area is 114 Å². The largest absolute Gasteiger partial charge is 0.495 e. The number of rotatable bonds is 5. The Bertz CT molecular complexity index is 636. The normalized spacial score (nSPS) is 10.1. The zero-order chi connectivity index (χ0) is 14.5. The van der Waals surface area contributed by atoms with E-state index in [4.69, 9.17) is 9.84 Å². The minimum absolute atomic E-state index is 0.136. The summed E-state index contributed by atoms with van der Waals surface area (Å²) in [6.07, 6.45) is 1.44. The van der Waals surface area contributed by atoms with E-state index in [1.807, 2.05) is 0 Å². The molecule has 0 saturated heterocycles. The first-order valence-corrected chi connectivity index (χ1v) is 5.80. The first kappa shape index (κ1) is 13.6. The third-order valence-electron chi connectivity index (χ3n) is 2.53. The van der Waals surface area contributed by atoms with Gasteiger partial charge in [0.2, 0.25) is 0 Å². The van der Waals surface area contributed by atoms with Gasteiger partial charge in [-0.2, -0.15) is 5.10 Å². The summed E-state index contributed by atoms with van der Waals surface area (Å²) in [5.74, 6) is -0.922. The molecule has 0 spiro atoms. The fourth-order valence-electron chi connectivity index (χ4n) is 1.64. The molecule has 20 heavy (non-hydrogen) atoms. The maximum atomic E-state index is 12.0. The maximum absolute atomic E-state index is 12.0. The number of carbonyl (C=O) groups excluding carboxylic acids is 1. The average Bonchev–Trinajstić information content (AvgIpc) is 2.87. The van der Waals surface area contributed by atoms with Crippen LogP contribution < -0.4 is 10.1 Å². The van der Waals surface area contributed by atoms with Crippen LogP contribution in [0.15, 0.2) is 36.5 Å². The highest BCUT2D eigenvalue weighted by atomic mass is 16.5. The van der Waals surface area contributed by atoms with E-state index < -0.39 is 11.9 Å². The van der Waals surface area contributed by atoms with E-state index in [1.165, 1.54) is 24.1 Å². The summed E-state index contributed by atoms with van der Waals surface area (Å²) in [6, 6.07) is 8.43. The number of carboxylic acid groups (broad SMARTS) is 1. The van der Waals surface area contributed by atoms with Crippen LogP contribution in [0.1, 0.15) is 10.5 Å². The molecule has 0 atom stereocenters. The van der Waals surface area contributed by atoms with Gasteiger partial charge in [-0.25, -0.2) is 0 Å². The minimum Gasteiger partial charge on any atom is -0.495 e. The van der Waals surface area contributed by atoms with Gasteiger partial charge in [-0.1, -0.05) is 12.1 Å². The van der Waals surface area contributed by atoms with Crippen molar-refractivity contribution in [1.29, 1.82) is 0 Å². The topological polar surface area (TPSA) is 93.5 Å². The molecule has 1 aromatic carbocycles. The van der Waals surface area contributed by atoms with Crippen molar-refractivity contribution in [3.05, 3.63) is 42.2 Å². The molecule has 0 aliphatic heterocycles. The average molecular weight is 275 g/mol. The van der Waals surface area contributed by atoms with E-state index in [1.54, 1.807) is 24.3 Å². The number of para-hydroxylation sites is 2. The molecule has 0 bridgehead atoms. The molecular formula is C13H13N3O4. The summed E-state index contributed by atoms with van der Waals surface area (Å²) in [7, 11) is 1.51. The molecule has 0 fully saturated rings. The molecule has 1 heterocycles. The number of anilines is 1. The quantitative estimate of drug-likeness (QED) is 0.856. The Morgan fingerprint density at radius 1 is 1.35 bits per heavy atom. The smallest absolute Gasteiger partial charge is 0.325 e. The van der Waals surface area contributed by atoms with E-state index in [0.717, 1.165) is 0 Å². The second kappa shape index (κ2) is 5.87. The zero-order valence-electron chi connectivity index (χ0n) is 10.7. The fraction of sp³-hybridized carbons (Fsp3) is 0.154. The maximum Gasteiger partial charge on any atom is 0.325 e. The molecule has 2 N–H and O–H groups in total. The molecule has 104 valence electrons. The number of carboxylic acids is 1. The van der Waals surface area contributed by atoms with Crippen molar-refractivity contribution in [2.24, 2.45) is 0 Å². The van der Waals surface area contributed by atoms with Gasteiger partial charge in [-0.3, -0.25) is 14.3 Å². The molecule has 0 saturated carbocycles. The molecule has 2 rings (SSSR count). The Balaban J connectivity index is 2.12. The van der Waals surface area contributed by atoms with E-state index in [9.17, 15) is 9.59 Å². The summed E-state index contributed by atoms with van der Waals surface area (Å²) < 4.78 is 6.30. The van der Waals surface area contributed by atoms with E-state index in [2.05, 4.69) is 10.4 Å². The van der Waals surface area contributed by atoms with Gasteiger partial charge in [-0.15, -0.1) is 0 Å². The second-order valence-corrected chi connectivity index (χ2v) is 3.95. The first-order chi connectivity index (χ1) is 9.60. The van der Waals surface area contributed by atoms with Crippen LogP contribution in [0.25, 0.3) is 0 Å². The number of nitrogens with one attached hydrogen (secondary N) is 1. The van der Waals surface area contributed by atoms with Crippen LogP contribution in [0.3, 0.4) is 0 Å². The van der Waals surface area contributed by atoms with Gasteiger partial charge in [0.25, 0.3) is 5.91 Å². The Morgan fingerprint density at radius 3 is 2.80 bits per heavy atom. The molecule has 1 amide bonds. The lowest BCUT2D eigenvalue weighted by Gasteiger charge is -2.08. The molecule has 0 unspecified atom stereocenters. The van der Waals surface area contributed by atoms with Gasteiger partial charge in [0.1, 0.15) is 12.3 Å². The van der Waals surface area contributed by atoms with Crippen molar-refractivity contribution in [2.75, 3.05) is 12.4 Å². The van der Waals surface area contributed by atoms with Crippen molar-refractivity contribution in [3.63, 3.8) is 0 Å². The molecule has 2 aromatic rings. The van der Waals surface area contributed by atoms with Gasteiger partial charge in [0, 0.05) is 6.20 Å². The fourth-order valence-corrected chi connectivity index (χ4v) is 1.64. The van der Waals surface area contributed by atoms with E-state index in [-0.39, 0.29) is 12.2 Å². The van der Waals surface area contributed by atoms with Gasteiger partial charge in [0.15, 0.2) is 5.69 Å². The van der Waals surface area contributed by atoms with Crippen LogP contribution in [0.5, 0.6) is 5.75 Å². The lowest BCUT2D eigenvalue weighted by Crippen LogP contribution is -2.15. The molecule has 0 radical (unpaired) electrons. The van der Waals surface area contributed by atoms with Crippen LogP contribution in [0, 0.1) is 0 Å².